The van der Waals surface area contributed by atoms with Crippen molar-refractivity contribution in [3.05, 3.63) is 75.3 Å². The first kappa shape index (κ1) is 16.2. The zero-order chi connectivity index (χ0) is 16.8. The lowest BCUT2D eigenvalue weighted by atomic mass is 10.1. The van der Waals surface area contributed by atoms with Gasteiger partial charge in [0.25, 0.3) is 5.69 Å². The number of carbonyl (C=O) groups excluding carboxylic acids is 1. The minimum Gasteiger partial charge on any atom is -0.481 e. The third kappa shape index (κ3) is 4.63. The average Bonchev–Trinajstić information content (AvgIpc) is 2.53. The van der Waals surface area contributed by atoms with E-state index in [0.717, 1.165) is 0 Å². The quantitative estimate of drug-likeness (QED) is 0.499. The molecule has 0 saturated heterocycles. The van der Waals surface area contributed by atoms with Gasteiger partial charge in [0.05, 0.1) is 16.9 Å². The number of hydrogen-bond donors (Lipinski definition) is 1. The SMILES string of the molecule is O=C(O)Cc1ccc(C(=O)OCc2ccc([N+](=O)[O-])cc2)cc1. The van der Waals surface area contributed by atoms with Crippen molar-refractivity contribution in [2.45, 2.75) is 13.0 Å². The van der Waals surface area contributed by atoms with Gasteiger partial charge in [-0.05, 0) is 35.4 Å². The Labute approximate surface area is 131 Å². The summed E-state index contributed by atoms with van der Waals surface area (Å²) >= 11 is 0. The molecule has 1 N–H and O–H groups in total. The number of aliphatic carboxylic acids is 1. The van der Waals surface area contributed by atoms with E-state index in [1.807, 2.05) is 0 Å². The fraction of sp³-hybridized carbons (Fsp3) is 0.125. The third-order valence-electron chi connectivity index (χ3n) is 3.06. The van der Waals surface area contributed by atoms with E-state index < -0.39 is 16.9 Å². The number of nitrogens with zero attached hydrogens (tertiary/aromatic N) is 1. The topological polar surface area (TPSA) is 107 Å². The van der Waals surface area contributed by atoms with Gasteiger partial charge in [0.15, 0.2) is 0 Å². The summed E-state index contributed by atoms with van der Waals surface area (Å²) in [6.45, 7) is -0.00625. The third-order valence-corrected chi connectivity index (χ3v) is 3.06. The molecule has 2 rings (SSSR count). The molecular formula is C16H13NO6. The molecule has 0 heterocycles. The smallest absolute Gasteiger partial charge is 0.338 e. The first-order valence-electron chi connectivity index (χ1n) is 6.67. The lowest BCUT2D eigenvalue weighted by molar-refractivity contribution is -0.384. The maximum atomic E-state index is 11.9. The van der Waals surface area contributed by atoms with Gasteiger partial charge in [0.2, 0.25) is 0 Å². The monoisotopic (exact) mass is 315 g/mol. The summed E-state index contributed by atoms with van der Waals surface area (Å²) in [4.78, 5) is 32.5. The molecule has 118 valence electrons. The van der Waals surface area contributed by atoms with E-state index in [-0.39, 0.29) is 18.7 Å². The number of carboxylic acid groups (broad SMARTS) is 1. The predicted octanol–water partition coefficient (Wildman–Crippen LogP) is 2.58. The molecule has 7 nitrogen and oxygen atoms in total. The summed E-state index contributed by atoms with van der Waals surface area (Å²) in [5.41, 5.74) is 1.49. The van der Waals surface area contributed by atoms with Crippen molar-refractivity contribution in [3.63, 3.8) is 0 Å². The Morgan fingerprint density at radius 2 is 1.57 bits per heavy atom. The molecule has 0 amide bonds. The number of carbonyl (C=O) groups is 2. The van der Waals surface area contributed by atoms with Crippen molar-refractivity contribution in [2.24, 2.45) is 0 Å². The average molecular weight is 315 g/mol. The lowest BCUT2D eigenvalue weighted by Gasteiger charge is -2.05. The molecule has 0 radical (unpaired) electrons. The number of esters is 1. The van der Waals surface area contributed by atoms with Crippen molar-refractivity contribution in [1.82, 2.24) is 0 Å². The number of nitro benzene ring substituents is 1. The van der Waals surface area contributed by atoms with Crippen LogP contribution in [0.4, 0.5) is 5.69 Å². The fourth-order valence-electron chi connectivity index (χ4n) is 1.88. The van der Waals surface area contributed by atoms with E-state index in [1.165, 1.54) is 36.4 Å². The summed E-state index contributed by atoms with van der Waals surface area (Å²) < 4.78 is 5.11. The molecule has 0 unspecified atom stereocenters. The van der Waals surface area contributed by atoms with Crippen LogP contribution in [-0.4, -0.2) is 22.0 Å². The Kier molecular flexibility index (Phi) is 5.03. The molecule has 0 aromatic heterocycles. The Hall–Kier alpha value is -3.22. The fourth-order valence-corrected chi connectivity index (χ4v) is 1.88. The van der Waals surface area contributed by atoms with Gasteiger partial charge in [-0.25, -0.2) is 4.79 Å². The second kappa shape index (κ2) is 7.17. The number of hydrogen-bond acceptors (Lipinski definition) is 5. The Balaban J connectivity index is 1.93. The zero-order valence-electron chi connectivity index (χ0n) is 12.0. The molecule has 0 spiro atoms. The van der Waals surface area contributed by atoms with E-state index in [1.54, 1.807) is 12.1 Å². The van der Waals surface area contributed by atoms with Crippen LogP contribution in [0, 0.1) is 10.1 Å². The summed E-state index contributed by atoms with van der Waals surface area (Å²) in [6, 6.07) is 11.8. The number of non-ortho nitro benzene ring substituents is 1. The van der Waals surface area contributed by atoms with Crippen LogP contribution in [0.5, 0.6) is 0 Å². The molecule has 0 bridgehead atoms. The Morgan fingerprint density at radius 3 is 2.09 bits per heavy atom. The van der Waals surface area contributed by atoms with Crippen molar-refractivity contribution in [1.29, 1.82) is 0 Å². The number of rotatable bonds is 6. The van der Waals surface area contributed by atoms with Crippen LogP contribution in [0.25, 0.3) is 0 Å². The summed E-state index contributed by atoms with van der Waals surface area (Å²) in [7, 11) is 0. The molecule has 2 aromatic carbocycles. The highest BCUT2D eigenvalue weighted by molar-refractivity contribution is 5.89. The standard InChI is InChI=1S/C16H13NO6/c18-15(19)9-11-1-5-13(6-2-11)16(20)23-10-12-3-7-14(8-4-12)17(21)22/h1-8H,9-10H2,(H,18,19). The van der Waals surface area contributed by atoms with Crippen LogP contribution >= 0.6 is 0 Å². The van der Waals surface area contributed by atoms with Crippen LogP contribution in [-0.2, 0) is 22.6 Å². The summed E-state index contributed by atoms with van der Waals surface area (Å²) in [5, 5.41) is 19.2. The molecule has 0 aliphatic carbocycles. The van der Waals surface area contributed by atoms with Gasteiger partial charge in [0.1, 0.15) is 6.61 Å². The minimum absolute atomic E-state index is 0.00625. The van der Waals surface area contributed by atoms with Crippen molar-refractivity contribution in [3.8, 4) is 0 Å². The van der Waals surface area contributed by atoms with Gasteiger partial charge in [-0.1, -0.05) is 12.1 Å². The van der Waals surface area contributed by atoms with E-state index in [0.29, 0.717) is 16.7 Å². The molecule has 0 aliphatic heterocycles. The molecule has 0 saturated carbocycles. The lowest BCUT2D eigenvalue weighted by Crippen LogP contribution is -2.06. The largest absolute Gasteiger partial charge is 0.481 e. The molecule has 7 heteroatoms. The van der Waals surface area contributed by atoms with Gasteiger partial charge < -0.3 is 9.84 Å². The highest BCUT2D eigenvalue weighted by Crippen LogP contribution is 2.13. The first-order chi connectivity index (χ1) is 11.0. The van der Waals surface area contributed by atoms with Crippen LogP contribution in [0.1, 0.15) is 21.5 Å². The molecule has 0 atom stereocenters. The van der Waals surface area contributed by atoms with Gasteiger partial charge in [-0.15, -0.1) is 0 Å². The van der Waals surface area contributed by atoms with Crippen LogP contribution in [0.2, 0.25) is 0 Å². The summed E-state index contributed by atoms with van der Waals surface area (Å²) in [5.74, 6) is -1.50. The molecule has 23 heavy (non-hydrogen) atoms. The van der Waals surface area contributed by atoms with E-state index in [4.69, 9.17) is 9.84 Å². The summed E-state index contributed by atoms with van der Waals surface area (Å²) in [6.07, 6.45) is -0.113. The number of ether oxygens (including phenoxy) is 1. The van der Waals surface area contributed by atoms with Crippen LogP contribution in [0.15, 0.2) is 48.5 Å². The van der Waals surface area contributed by atoms with Crippen molar-refractivity contribution < 1.29 is 24.4 Å². The van der Waals surface area contributed by atoms with Gasteiger partial charge in [-0.3, -0.25) is 14.9 Å². The zero-order valence-corrected chi connectivity index (χ0v) is 12.0. The van der Waals surface area contributed by atoms with Crippen molar-refractivity contribution >= 4 is 17.6 Å². The first-order valence-corrected chi connectivity index (χ1v) is 6.67. The number of benzene rings is 2. The van der Waals surface area contributed by atoms with Crippen LogP contribution < -0.4 is 0 Å². The van der Waals surface area contributed by atoms with Gasteiger partial charge in [-0.2, -0.15) is 0 Å². The Bertz CT molecular complexity index is 721. The number of carboxylic acids is 1. The minimum atomic E-state index is -0.946. The van der Waals surface area contributed by atoms with Gasteiger partial charge in [0, 0.05) is 12.1 Å². The predicted molar refractivity (Wildman–Crippen MR) is 80.0 cm³/mol. The maximum absolute atomic E-state index is 11.9. The highest BCUT2D eigenvalue weighted by atomic mass is 16.6. The Morgan fingerprint density at radius 1 is 1.00 bits per heavy atom. The normalized spacial score (nSPS) is 10.1. The second-order valence-corrected chi connectivity index (χ2v) is 4.77. The molecule has 0 fully saturated rings. The van der Waals surface area contributed by atoms with E-state index >= 15 is 0 Å². The van der Waals surface area contributed by atoms with E-state index in [9.17, 15) is 19.7 Å². The highest BCUT2D eigenvalue weighted by Gasteiger charge is 2.09. The van der Waals surface area contributed by atoms with Crippen molar-refractivity contribution in [2.75, 3.05) is 0 Å². The van der Waals surface area contributed by atoms with Crippen LogP contribution in [0.3, 0.4) is 0 Å². The second-order valence-electron chi connectivity index (χ2n) is 4.77. The number of nitro groups is 1. The molecule has 2 aromatic rings. The van der Waals surface area contributed by atoms with E-state index in [2.05, 4.69) is 0 Å². The molecule has 0 aliphatic rings. The molecular weight excluding hydrogens is 302 g/mol. The maximum Gasteiger partial charge on any atom is 0.338 e. The van der Waals surface area contributed by atoms with Gasteiger partial charge >= 0.3 is 11.9 Å².